The van der Waals surface area contributed by atoms with Crippen molar-refractivity contribution < 1.29 is 14.7 Å². The Morgan fingerprint density at radius 3 is 2.71 bits per heavy atom. The fourth-order valence-electron chi connectivity index (χ4n) is 1.97. The van der Waals surface area contributed by atoms with Gasteiger partial charge in [-0.1, -0.05) is 18.2 Å². The van der Waals surface area contributed by atoms with Crippen LogP contribution in [0.3, 0.4) is 0 Å². The smallest absolute Gasteiger partial charge is 0.358 e. The van der Waals surface area contributed by atoms with E-state index in [0.717, 1.165) is 0 Å². The van der Waals surface area contributed by atoms with Crippen molar-refractivity contribution in [3.8, 4) is 0 Å². The predicted octanol–water partition coefficient (Wildman–Crippen LogP) is 1.27. The third-order valence-electron chi connectivity index (χ3n) is 2.90. The Labute approximate surface area is 121 Å². The summed E-state index contributed by atoms with van der Waals surface area (Å²) in [5, 5.41) is 23.1. The maximum absolute atomic E-state index is 11.4. The summed E-state index contributed by atoms with van der Waals surface area (Å²) in [5.74, 6) is -1.25. The lowest BCUT2D eigenvalue weighted by atomic mass is 10.1. The first kappa shape index (κ1) is 14.7. The zero-order valence-corrected chi connectivity index (χ0v) is 11.6. The van der Waals surface area contributed by atoms with Gasteiger partial charge in [0.2, 0.25) is 5.91 Å². The van der Waals surface area contributed by atoms with Crippen LogP contribution in [0.1, 0.15) is 23.8 Å². The molecular formula is C14H16N4O3. The first-order chi connectivity index (χ1) is 10.1. The Kier molecular flexibility index (Phi) is 4.65. The summed E-state index contributed by atoms with van der Waals surface area (Å²) in [6, 6.07) is 7.12. The predicted molar refractivity (Wildman–Crippen MR) is 78.3 cm³/mol. The van der Waals surface area contributed by atoms with Crippen LogP contribution < -0.4 is 10.6 Å². The van der Waals surface area contributed by atoms with Gasteiger partial charge in [0.05, 0.1) is 11.2 Å². The molecule has 0 unspecified atom stereocenters. The summed E-state index contributed by atoms with van der Waals surface area (Å²) in [6.07, 6.45) is 0.254. The number of carbonyl (C=O) groups is 2. The molecule has 21 heavy (non-hydrogen) atoms. The lowest BCUT2D eigenvalue weighted by molar-refractivity contribution is -0.120. The summed E-state index contributed by atoms with van der Waals surface area (Å²) in [6.45, 7) is 2.73. The summed E-state index contributed by atoms with van der Waals surface area (Å²) in [7, 11) is 0. The number of carboxylic acid groups (broad SMARTS) is 1. The number of fused-ring (bicyclic) bond motifs is 1. The Hall–Kier alpha value is -2.70. The van der Waals surface area contributed by atoms with Crippen LogP contribution in [0.4, 0.5) is 5.69 Å². The second-order valence-corrected chi connectivity index (χ2v) is 4.38. The number of amides is 1. The lowest BCUT2D eigenvalue weighted by Crippen LogP contribution is -2.25. The van der Waals surface area contributed by atoms with E-state index in [-0.39, 0.29) is 18.0 Å². The van der Waals surface area contributed by atoms with Crippen LogP contribution in [0.15, 0.2) is 24.3 Å². The van der Waals surface area contributed by atoms with Crippen LogP contribution in [0, 0.1) is 0 Å². The fraction of sp³-hybridized carbons (Fsp3) is 0.286. The minimum absolute atomic E-state index is 0.0896. The van der Waals surface area contributed by atoms with Gasteiger partial charge in [-0.2, -0.15) is 0 Å². The standard InChI is InChI=1S/C14H16N4O3/c1-2-15-11(19)7-8-16-12-9-5-3-4-6-10(9)17-18-13(12)14(20)21/h3-6H,2,7-8H2,1H3,(H,15,19)(H,16,17)(H,20,21). The number of benzene rings is 1. The van der Waals surface area contributed by atoms with Gasteiger partial charge in [-0.15, -0.1) is 10.2 Å². The first-order valence-corrected chi connectivity index (χ1v) is 6.62. The molecule has 0 saturated heterocycles. The van der Waals surface area contributed by atoms with E-state index in [1.165, 1.54) is 0 Å². The van der Waals surface area contributed by atoms with Crippen molar-refractivity contribution in [2.24, 2.45) is 0 Å². The topological polar surface area (TPSA) is 104 Å². The maximum atomic E-state index is 11.4. The third kappa shape index (κ3) is 3.44. The molecule has 0 aliphatic rings. The highest BCUT2D eigenvalue weighted by molar-refractivity contribution is 6.02. The number of aromatic carboxylic acids is 1. The summed E-state index contributed by atoms with van der Waals surface area (Å²) >= 11 is 0. The summed E-state index contributed by atoms with van der Waals surface area (Å²) in [5.41, 5.74) is 0.838. The molecular weight excluding hydrogens is 272 g/mol. The van der Waals surface area contributed by atoms with Crippen molar-refractivity contribution in [3.63, 3.8) is 0 Å². The van der Waals surface area contributed by atoms with E-state index in [4.69, 9.17) is 0 Å². The monoisotopic (exact) mass is 288 g/mol. The van der Waals surface area contributed by atoms with Gasteiger partial charge in [-0.25, -0.2) is 4.79 Å². The molecule has 0 spiro atoms. The molecule has 1 aromatic heterocycles. The van der Waals surface area contributed by atoms with Crippen molar-refractivity contribution in [2.75, 3.05) is 18.4 Å². The average molecular weight is 288 g/mol. The highest BCUT2D eigenvalue weighted by Gasteiger charge is 2.16. The van der Waals surface area contributed by atoms with Gasteiger partial charge in [0.15, 0.2) is 5.69 Å². The second kappa shape index (κ2) is 6.65. The summed E-state index contributed by atoms with van der Waals surface area (Å²) in [4.78, 5) is 22.7. The van der Waals surface area contributed by atoms with Crippen LogP contribution in [0.25, 0.3) is 10.9 Å². The van der Waals surface area contributed by atoms with Crippen LogP contribution in [-0.2, 0) is 4.79 Å². The van der Waals surface area contributed by atoms with Crippen LogP contribution in [-0.4, -0.2) is 40.3 Å². The van der Waals surface area contributed by atoms with Crippen molar-refractivity contribution in [1.29, 1.82) is 0 Å². The fourth-order valence-corrected chi connectivity index (χ4v) is 1.97. The molecule has 1 heterocycles. The molecule has 0 atom stereocenters. The molecule has 0 bridgehead atoms. The Morgan fingerprint density at radius 1 is 1.24 bits per heavy atom. The van der Waals surface area contributed by atoms with Crippen molar-refractivity contribution in [1.82, 2.24) is 15.5 Å². The number of nitrogens with one attached hydrogen (secondary N) is 2. The average Bonchev–Trinajstić information content (AvgIpc) is 2.47. The molecule has 2 rings (SSSR count). The highest BCUT2D eigenvalue weighted by Crippen LogP contribution is 2.24. The molecule has 7 nitrogen and oxygen atoms in total. The van der Waals surface area contributed by atoms with Crippen molar-refractivity contribution in [2.45, 2.75) is 13.3 Å². The van der Waals surface area contributed by atoms with Crippen LogP contribution >= 0.6 is 0 Å². The minimum Gasteiger partial charge on any atom is -0.476 e. The molecule has 0 aliphatic heterocycles. The van der Waals surface area contributed by atoms with Gasteiger partial charge in [-0.05, 0) is 13.0 Å². The van der Waals surface area contributed by atoms with E-state index >= 15 is 0 Å². The van der Waals surface area contributed by atoms with E-state index in [1.807, 2.05) is 6.92 Å². The zero-order valence-electron chi connectivity index (χ0n) is 11.6. The molecule has 0 fully saturated rings. The molecule has 3 N–H and O–H groups in total. The molecule has 1 aromatic carbocycles. The van der Waals surface area contributed by atoms with E-state index in [1.54, 1.807) is 24.3 Å². The Bertz CT molecular complexity index is 672. The Balaban J connectivity index is 2.25. The number of carbonyl (C=O) groups excluding carboxylic acids is 1. The zero-order chi connectivity index (χ0) is 15.2. The lowest BCUT2D eigenvalue weighted by Gasteiger charge is -2.11. The summed E-state index contributed by atoms with van der Waals surface area (Å²) < 4.78 is 0. The number of anilines is 1. The van der Waals surface area contributed by atoms with Gasteiger partial charge in [0, 0.05) is 24.9 Å². The second-order valence-electron chi connectivity index (χ2n) is 4.38. The molecule has 1 amide bonds. The van der Waals surface area contributed by atoms with Crippen molar-refractivity contribution >= 4 is 28.5 Å². The largest absolute Gasteiger partial charge is 0.476 e. The molecule has 0 radical (unpaired) electrons. The van der Waals surface area contributed by atoms with E-state index in [2.05, 4.69) is 20.8 Å². The van der Waals surface area contributed by atoms with Crippen LogP contribution in [0.2, 0.25) is 0 Å². The SMILES string of the molecule is CCNC(=O)CCNc1c(C(=O)O)nnc2ccccc12. The van der Waals surface area contributed by atoms with E-state index in [0.29, 0.717) is 29.7 Å². The van der Waals surface area contributed by atoms with Gasteiger partial charge in [-0.3, -0.25) is 4.79 Å². The van der Waals surface area contributed by atoms with Crippen LogP contribution in [0.5, 0.6) is 0 Å². The number of nitrogens with zero attached hydrogens (tertiary/aromatic N) is 2. The number of aromatic nitrogens is 2. The van der Waals surface area contributed by atoms with Gasteiger partial charge in [0.25, 0.3) is 0 Å². The van der Waals surface area contributed by atoms with Gasteiger partial charge >= 0.3 is 5.97 Å². The number of rotatable bonds is 6. The molecule has 0 saturated carbocycles. The first-order valence-electron chi connectivity index (χ1n) is 6.62. The van der Waals surface area contributed by atoms with E-state index in [9.17, 15) is 14.7 Å². The normalized spacial score (nSPS) is 10.3. The Morgan fingerprint density at radius 2 is 2.00 bits per heavy atom. The molecule has 0 aliphatic carbocycles. The third-order valence-corrected chi connectivity index (χ3v) is 2.90. The minimum atomic E-state index is -1.16. The number of hydrogen-bond donors (Lipinski definition) is 3. The maximum Gasteiger partial charge on any atom is 0.358 e. The van der Waals surface area contributed by atoms with E-state index < -0.39 is 5.97 Å². The molecule has 7 heteroatoms. The number of carboxylic acids is 1. The van der Waals surface area contributed by atoms with Gasteiger partial charge < -0.3 is 15.7 Å². The van der Waals surface area contributed by atoms with Gasteiger partial charge in [0.1, 0.15) is 0 Å². The quantitative estimate of drug-likeness (QED) is 0.739. The number of hydrogen-bond acceptors (Lipinski definition) is 5. The van der Waals surface area contributed by atoms with Crippen molar-refractivity contribution in [3.05, 3.63) is 30.0 Å². The molecule has 110 valence electrons. The highest BCUT2D eigenvalue weighted by atomic mass is 16.4. The molecule has 2 aromatic rings.